The normalized spacial score (nSPS) is 17.6. The number of nitrogens with one attached hydrogen (secondary N) is 1. The van der Waals surface area contributed by atoms with Crippen molar-refractivity contribution in [3.63, 3.8) is 0 Å². The average Bonchev–Trinajstić information content (AvgIpc) is 2.53. The van der Waals surface area contributed by atoms with E-state index >= 15 is 0 Å². The van der Waals surface area contributed by atoms with E-state index in [0.717, 1.165) is 25.9 Å². The third kappa shape index (κ3) is 3.88. The number of benzene rings is 1. The molecule has 0 aliphatic carbocycles. The number of aryl methyl sites for hydroxylation is 1. The lowest BCUT2D eigenvalue weighted by Gasteiger charge is -2.30. The average molecular weight is 328 g/mol. The minimum absolute atomic E-state index is 0.0747. The Hall–Kier alpha value is -2.50. The Balaban J connectivity index is 1.82. The Morgan fingerprint density at radius 1 is 1.33 bits per heavy atom. The predicted octanol–water partition coefficient (Wildman–Crippen LogP) is 3.54. The summed E-state index contributed by atoms with van der Waals surface area (Å²) in [5.41, 5.74) is 1.61. The van der Waals surface area contributed by atoms with Crippen molar-refractivity contribution in [3.05, 3.63) is 47.5 Å². The van der Waals surface area contributed by atoms with Gasteiger partial charge in [-0.1, -0.05) is 13.0 Å². The van der Waals surface area contributed by atoms with Gasteiger partial charge >= 0.3 is 0 Å². The zero-order chi connectivity index (χ0) is 17.1. The molecule has 3 rings (SSSR count). The number of hydrogen-bond acceptors (Lipinski definition) is 4. The SMILES string of the molecule is Cc1cc(C(=O)N2CCCC(C)C2)nc(Nc2cccc(F)c2)n1. The molecule has 5 nitrogen and oxygen atoms in total. The molecule has 1 unspecified atom stereocenters. The second kappa shape index (κ2) is 6.95. The highest BCUT2D eigenvalue weighted by Crippen LogP contribution is 2.19. The Bertz CT molecular complexity index is 750. The summed E-state index contributed by atoms with van der Waals surface area (Å²) in [6, 6.07) is 7.75. The molecule has 2 heterocycles. The van der Waals surface area contributed by atoms with Gasteiger partial charge in [-0.25, -0.2) is 14.4 Å². The molecule has 1 aliphatic rings. The summed E-state index contributed by atoms with van der Waals surface area (Å²) in [5.74, 6) is 0.394. The highest BCUT2D eigenvalue weighted by atomic mass is 19.1. The van der Waals surface area contributed by atoms with Crippen LogP contribution < -0.4 is 5.32 Å². The number of anilines is 2. The van der Waals surface area contributed by atoms with E-state index in [1.54, 1.807) is 18.2 Å². The molecule has 1 aromatic heterocycles. The molecule has 1 N–H and O–H groups in total. The lowest BCUT2D eigenvalue weighted by atomic mass is 10.00. The molecular weight excluding hydrogens is 307 g/mol. The maximum atomic E-state index is 13.3. The smallest absolute Gasteiger partial charge is 0.272 e. The van der Waals surface area contributed by atoms with Crippen molar-refractivity contribution in [3.8, 4) is 0 Å². The van der Waals surface area contributed by atoms with Crippen LogP contribution in [0.3, 0.4) is 0 Å². The number of carbonyl (C=O) groups excluding carboxylic acids is 1. The third-order valence-corrected chi connectivity index (χ3v) is 4.10. The Kier molecular flexibility index (Phi) is 4.74. The second-order valence-corrected chi connectivity index (χ2v) is 6.35. The Labute approximate surface area is 140 Å². The lowest BCUT2D eigenvalue weighted by Crippen LogP contribution is -2.39. The summed E-state index contributed by atoms with van der Waals surface area (Å²) in [5, 5.41) is 2.96. The van der Waals surface area contributed by atoms with Gasteiger partial charge < -0.3 is 10.2 Å². The van der Waals surface area contributed by atoms with Crippen LogP contribution >= 0.6 is 0 Å². The molecule has 0 radical (unpaired) electrons. The van der Waals surface area contributed by atoms with Crippen LogP contribution in [0.5, 0.6) is 0 Å². The molecule has 1 aromatic carbocycles. The highest BCUT2D eigenvalue weighted by molar-refractivity contribution is 5.92. The molecule has 0 bridgehead atoms. The third-order valence-electron chi connectivity index (χ3n) is 4.10. The standard InChI is InChI=1S/C18H21FN4O/c1-12-5-4-8-23(11-12)17(24)16-9-13(2)20-18(22-16)21-15-7-3-6-14(19)10-15/h3,6-7,9-10,12H,4-5,8,11H2,1-2H3,(H,20,21,22). The van der Waals surface area contributed by atoms with E-state index in [9.17, 15) is 9.18 Å². The van der Waals surface area contributed by atoms with Gasteiger partial charge in [0.25, 0.3) is 5.91 Å². The zero-order valence-corrected chi connectivity index (χ0v) is 13.9. The number of carbonyl (C=O) groups is 1. The van der Waals surface area contributed by atoms with Gasteiger partial charge in [0.15, 0.2) is 0 Å². The molecule has 126 valence electrons. The fourth-order valence-electron chi connectivity index (χ4n) is 2.97. The molecule has 1 amide bonds. The minimum atomic E-state index is -0.341. The lowest BCUT2D eigenvalue weighted by molar-refractivity contribution is 0.0677. The van der Waals surface area contributed by atoms with Gasteiger partial charge in [-0.3, -0.25) is 4.79 Å². The van der Waals surface area contributed by atoms with Gasteiger partial charge in [-0.15, -0.1) is 0 Å². The molecule has 1 atom stereocenters. The van der Waals surface area contributed by atoms with Gasteiger partial charge in [-0.2, -0.15) is 0 Å². The van der Waals surface area contributed by atoms with E-state index in [1.807, 2.05) is 11.8 Å². The molecule has 0 spiro atoms. The summed E-state index contributed by atoms with van der Waals surface area (Å²) < 4.78 is 13.3. The number of halogens is 1. The first-order chi connectivity index (χ1) is 11.5. The fraction of sp³-hybridized carbons (Fsp3) is 0.389. The van der Waals surface area contributed by atoms with Gasteiger partial charge in [0.05, 0.1) is 0 Å². The van der Waals surface area contributed by atoms with Crippen molar-refractivity contribution in [2.24, 2.45) is 5.92 Å². The van der Waals surface area contributed by atoms with Crippen molar-refractivity contribution < 1.29 is 9.18 Å². The summed E-state index contributed by atoms with van der Waals surface area (Å²) in [4.78, 5) is 23.2. The Morgan fingerprint density at radius 3 is 2.92 bits per heavy atom. The molecule has 0 saturated carbocycles. The van der Waals surface area contributed by atoms with Crippen LogP contribution in [0.25, 0.3) is 0 Å². The van der Waals surface area contributed by atoms with Crippen molar-refractivity contribution in [2.75, 3.05) is 18.4 Å². The van der Waals surface area contributed by atoms with Crippen molar-refractivity contribution in [2.45, 2.75) is 26.7 Å². The molecular formula is C18H21FN4O. The van der Waals surface area contributed by atoms with E-state index in [-0.39, 0.29) is 11.7 Å². The van der Waals surface area contributed by atoms with Crippen LogP contribution in [0.4, 0.5) is 16.0 Å². The first-order valence-corrected chi connectivity index (χ1v) is 8.19. The summed E-state index contributed by atoms with van der Waals surface area (Å²) in [6.07, 6.45) is 2.17. The topological polar surface area (TPSA) is 58.1 Å². The van der Waals surface area contributed by atoms with E-state index in [1.165, 1.54) is 12.1 Å². The summed E-state index contributed by atoms with van der Waals surface area (Å²) >= 11 is 0. The van der Waals surface area contributed by atoms with E-state index < -0.39 is 0 Å². The number of rotatable bonds is 3. The molecule has 6 heteroatoms. The van der Waals surface area contributed by atoms with Crippen LogP contribution in [0.1, 0.15) is 35.9 Å². The molecule has 1 saturated heterocycles. The number of likely N-dealkylation sites (tertiary alicyclic amines) is 1. The van der Waals surface area contributed by atoms with Crippen LogP contribution in [-0.4, -0.2) is 33.9 Å². The minimum Gasteiger partial charge on any atom is -0.337 e. The second-order valence-electron chi connectivity index (χ2n) is 6.35. The van der Waals surface area contributed by atoms with Gasteiger partial charge in [0.2, 0.25) is 5.95 Å². The first-order valence-electron chi connectivity index (χ1n) is 8.19. The van der Waals surface area contributed by atoms with Gasteiger partial charge in [0, 0.05) is 24.5 Å². The predicted molar refractivity (Wildman–Crippen MR) is 90.8 cm³/mol. The number of aromatic nitrogens is 2. The molecule has 1 aliphatic heterocycles. The van der Waals surface area contributed by atoms with E-state index in [2.05, 4.69) is 22.2 Å². The highest BCUT2D eigenvalue weighted by Gasteiger charge is 2.23. The molecule has 2 aromatic rings. The summed E-state index contributed by atoms with van der Waals surface area (Å²) in [7, 11) is 0. The van der Waals surface area contributed by atoms with E-state index in [0.29, 0.717) is 28.9 Å². The number of nitrogens with zero attached hydrogens (tertiary/aromatic N) is 3. The van der Waals surface area contributed by atoms with Crippen LogP contribution in [0.2, 0.25) is 0 Å². The largest absolute Gasteiger partial charge is 0.337 e. The van der Waals surface area contributed by atoms with Gasteiger partial charge in [0.1, 0.15) is 11.5 Å². The quantitative estimate of drug-likeness (QED) is 0.936. The monoisotopic (exact) mass is 328 g/mol. The van der Waals surface area contributed by atoms with Gasteiger partial charge in [-0.05, 0) is 49.9 Å². The maximum absolute atomic E-state index is 13.3. The van der Waals surface area contributed by atoms with E-state index in [4.69, 9.17) is 0 Å². The zero-order valence-electron chi connectivity index (χ0n) is 13.9. The molecule has 1 fully saturated rings. The number of piperidine rings is 1. The fourth-order valence-corrected chi connectivity index (χ4v) is 2.97. The number of hydrogen-bond donors (Lipinski definition) is 1. The van der Waals surface area contributed by atoms with Crippen LogP contribution in [0.15, 0.2) is 30.3 Å². The van der Waals surface area contributed by atoms with Crippen LogP contribution in [-0.2, 0) is 0 Å². The first kappa shape index (κ1) is 16.4. The maximum Gasteiger partial charge on any atom is 0.272 e. The van der Waals surface area contributed by atoms with Crippen molar-refractivity contribution in [1.82, 2.24) is 14.9 Å². The summed E-state index contributed by atoms with van der Waals surface area (Å²) in [6.45, 7) is 5.49. The molecule has 24 heavy (non-hydrogen) atoms. The Morgan fingerprint density at radius 2 is 2.17 bits per heavy atom. The van der Waals surface area contributed by atoms with Crippen molar-refractivity contribution >= 4 is 17.5 Å². The van der Waals surface area contributed by atoms with Crippen molar-refractivity contribution in [1.29, 1.82) is 0 Å². The number of amides is 1. The van der Waals surface area contributed by atoms with Crippen LogP contribution in [0, 0.1) is 18.7 Å².